The number of anilines is 1. The Morgan fingerprint density at radius 1 is 1.05 bits per heavy atom. The van der Waals surface area contributed by atoms with Gasteiger partial charge in [0.1, 0.15) is 5.75 Å². The van der Waals surface area contributed by atoms with E-state index in [0.29, 0.717) is 26.3 Å². The Kier molecular flexibility index (Phi) is 9.07. The monoisotopic (exact) mass is 571 g/mol. The summed E-state index contributed by atoms with van der Waals surface area (Å²) in [5, 5.41) is 11.4. The highest BCUT2D eigenvalue weighted by Crippen LogP contribution is 2.39. The highest BCUT2D eigenvalue weighted by atomic mass is 35.5. The van der Waals surface area contributed by atoms with Crippen LogP contribution in [0.4, 0.5) is 5.69 Å². The fourth-order valence-electron chi connectivity index (χ4n) is 5.32. The van der Waals surface area contributed by atoms with E-state index in [9.17, 15) is 9.90 Å². The van der Waals surface area contributed by atoms with Crippen LogP contribution in [0.5, 0.6) is 5.75 Å². The van der Waals surface area contributed by atoms with Crippen LogP contribution < -0.4 is 4.90 Å². The standard InChI is InChI=1S/C30H32Cl3N3O2/c1-5-13-35-17-20(3)36(18-19(35)2)28(21-9-8-10-23(37)14-21)24-11-6-7-12-25(24)30(38)34(4)29-26(32)15-22(31)16-27(29)33/h5-12,14-16,19-20,28,37H,1,13,17-18H2,2-4H3/t19-,20+,28-/m1/s1. The predicted octanol–water partition coefficient (Wildman–Crippen LogP) is 7.30. The number of carbonyl (C=O) groups excluding carboxylic acids is 1. The van der Waals surface area contributed by atoms with Crippen LogP contribution in [0.1, 0.15) is 41.4 Å². The lowest BCUT2D eigenvalue weighted by atomic mass is 9.90. The Hall–Kier alpha value is -2.54. The number of carbonyl (C=O) groups is 1. The molecule has 0 bridgehead atoms. The number of aromatic hydroxyl groups is 1. The molecule has 8 heteroatoms. The van der Waals surface area contributed by atoms with Gasteiger partial charge >= 0.3 is 0 Å². The van der Waals surface area contributed by atoms with E-state index < -0.39 is 0 Å². The number of hydrogen-bond acceptors (Lipinski definition) is 4. The topological polar surface area (TPSA) is 47.0 Å². The van der Waals surface area contributed by atoms with E-state index in [-0.39, 0.29) is 29.8 Å². The Bertz CT molecular complexity index is 1310. The molecule has 0 aromatic heterocycles. The van der Waals surface area contributed by atoms with Crippen molar-refractivity contribution in [2.75, 3.05) is 31.6 Å². The van der Waals surface area contributed by atoms with E-state index in [1.807, 2.05) is 42.5 Å². The van der Waals surface area contributed by atoms with Gasteiger partial charge < -0.3 is 10.0 Å². The Morgan fingerprint density at radius 3 is 2.39 bits per heavy atom. The molecular weight excluding hydrogens is 541 g/mol. The third-order valence-corrected chi connectivity index (χ3v) is 7.95. The number of piperazine rings is 1. The largest absolute Gasteiger partial charge is 0.508 e. The third kappa shape index (κ3) is 5.88. The van der Waals surface area contributed by atoms with Gasteiger partial charge in [0.2, 0.25) is 0 Å². The highest BCUT2D eigenvalue weighted by molar-refractivity contribution is 6.42. The molecule has 1 aliphatic rings. The van der Waals surface area contributed by atoms with Crippen molar-refractivity contribution in [1.82, 2.24) is 9.80 Å². The zero-order valence-corrected chi connectivity index (χ0v) is 24.0. The van der Waals surface area contributed by atoms with Crippen molar-refractivity contribution in [3.8, 4) is 5.75 Å². The van der Waals surface area contributed by atoms with Gasteiger partial charge in [-0.1, -0.05) is 71.2 Å². The number of rotatable bonds is 7. The molecule has 200 valence electrons. The van der Waals surface area contributed by atoms with Gasteiger partial charge in [0.05, 0.1) is 21.8 Å². The quantitative estimate of drug-likeness (QED) is 0.302. The van der Waals surface area contributed by atoms with Crippen molar-refractivity contribution in [2.24, 2.45) is 0 Å². The van der Waals surface area contributed by atoms with Gasteiger partial charge in [0.15, 0.2) is 0 Å². The second-order valence-corrected chi connectivity index (χ2v) is 11.1. The number of halogens is 3. The smallest absolute Gasteiger partial charge is 0.258 e. The van der Waals surface area contributed by atoms with E-state index >= 15 is 0 Å². The zero-order valence-electron chi connectivity index (χ0n) is 21.7. The first-order valence-corrected chi connectivity index (χ1v) is 13.7. The molecule has 1 amide bonds. The van der Waals surface area contributed by atoms with Crippen molar-refractivity contribution < 1.29 is 9.90 Å². The fourth-order valence-corrected chi connectivity index (χ4v) is 6.39. The number of nitrogens with zero attached hydrogens (tertiary/aromatic N) is 3. The molecule has 0 unspecified atom stereocenters. The summed E-state index contributed by atoms with van der Waals surface area (Å²) in [5.41, 5.74) is 2.67. The second-order valence-electron chi connectivity index (χ2n) is 9.80. The maximum absolute atomic E-state index is 14.0. The summed E-state index contributed by atoms with van der Waals surface area (Å²) in [6.45, 7) is 10.8. The summed E-state index contributed by atoms with van der Waals surface area (Å²) < 4.78 is 0. The van der Waals surface area contributed by atoms with Gasteiger partial charge in [0.25, 0.3) is 5.91 Å². The van der Waals surface area contributed by atoms with E-state index in [1.54, 1.807) is 31.3 Å². The van der Waals surface area contributed by atoms with Gasteiger partial charge in [-0.05, 0) is 55.3 Å². The minimum Gasteiger partial charge on any atom is -0.508 e. The van der Waals surface area contributed by atoms with Crippen LogP contribution >= 0.6 is 34.8 Å². The Morgan fingerprint density at radius 2 is 1.74 bits per heavy atom. The van der Waals surface area contributed by atoms with Crippen LogP contribution in [0.25, 0.3) is 0 Å². The SMILES string of the molecule is C=CCN1C[C@H](C)N([C@H](c2cccc(O)c2)c2ccccc2C(=O)N(C)c2c(Cl)cc(Cl)cc2Cl)C[C@H]1C. The third-order valence-electron chi connectivity index (χ3n) is 7.15. The summed E-state index contributed by atoms with van der Waals surface area (Å²) in [5.74, 6) is -0.0676. The summed E-state index contributed by atoms with van der Waals surface area (Å²) in [6, 6.07) is 18.2. The zero-order chi connectivity index (χ0) is 27.6. The maximum atomic E-state index is 14.0. The summed E-state index contributed by atoms with van der Waals surface area (Å²) >= 11 is 19.0. The molecule has 1 saturated heterocycles. The summed E-state index contributed by atoms with van der Waals surface area (Å²) in [4.78, 5) is 20.3. The molecule has 0 spiro atoms. The molecule has 3 atom stereocenters. The highest BCUT2D eigenvalue weighted by Gasteiger charge is 2.36. The molecule has 1 heterocycles. The molecule has 38 heavy (non-hydrogen) atoms. The van der Waals surface area contributed by atoms with Crippen molar-refractivity contribution in [3.05, 3.63) is 105 Å². The first kappa shape index (κ1) is 28.5. The predicted molar refractivity (Wildman–Crippen MR) is 158 cm³/mol. The number of amides is 1. The Balaban J connectivity index is 1.81. The average molecular weight is 573 g/mol. The number of phenols is 1. The summed E-state index contributed by atoms with van der Waals surface area (Å²) in [6.07, 6.45) is 1.93. The van der Waals surface area contributed by atoms with Gasteiger partial charge in [-0.15, -0.1) is 6.58 Å². The van der Waals surface area contributed by atoms with Crippen LogP contribution in [-0.4, -0.2) is 59.6 Å². The van der Waals surface area contributed by atoms with Crippen LogP contribution in [0, 0.1) is 0 Å². The minimum absolute atomic E-state index is 0.180. The van der Waals surface area contributed by atoms with Crippen LogP contribution in [-0.2, 0) is 0 Å². The van der Waals surface area contributed by atoms with E-state index in [2.05, 4.69) is 30.2 Å². The number of phenolic OH excluding ortho intramolecular Hbond substituents is 1. The van der Waals surface area contributed by atoms with E-state index in [1.165, 1.54) is 4.90 Å². The lowest BCUT2D eigenvalue weighted by Crippen LogP contribution is -2.57. The maximum Gasteiger partial charge on any atom is 0.258 e. The fraction of sp³-hybridized carbons (Fsp3) is 0.300. The molecule has 0 radical (unpaired) electrons. The van der Waals surface area contributed by atoms with Crippen molar-refractivity contribution in [2.45, 2.75) is 32.0 Å². The molecule has 1 N–H and O–H groups in total. The molecule has 4 rings (SSSR count). The number of benzene rings is 3. The minimum atomic E-state index is -0.268. The first-order chi connectivity index (χ1) is 18.1. The van der Waals surface area contributed by atoms with Crippen LogP contribution in [0.2, 0.25) is 15.1 Å². The molecule has 3 aromatic carbocycles. The van der Waals surface area contributed by atoms with E-state index in [4.69, 9.17) is 34.8 Å². The van der Waals surface area contributed by atoms with Crippen molar-refractivity contribution in [3.63, 3.8) is 0 Å². The molecule has 1 aliphatic heterocycles. The van der Waals surface area contributed by atoms with Gasteiger partial charge in [-0.25, -0.2) is 0 Å². The van der Waals surface area contributed by atoms with Crippen molar-refractivity contribution >= 4 is 46.4 Å². The lowest BCUT2D eigenvalue weighted by molar-refractivity contribution is 0.0304. The molecule has 3 aromatic rings. The normalized spacial score (nSPS) is 19.2. The van der Waals surface area contributed by atoms with Gasteiger partial charge in [-0.2, -0.15) is 0 Å². The molecule has 1 fully saturated rings. The molecule has 0 aliphatic carbocycles. The van der Waals surface area contributed by atoms with E-state index in [0.717, 1.165) is 30.8 Å². The van der Waals surface area contributed by atoms with Gasteiger partial charge in [0, 0.05) is 49.4 Å². The van der Waals surface area contributed by atoms with Gasteiger partial charge in [-0.3, -0.25) is 14.6 Å². The van der Waals surface area contributed by atoms with Crippen LogP contribution in [0.15, 0.2) is 73.3 Å². The number of hydrogen-bond donors (Lipinski definition) is 1. The second kappa shape index (κ2) is 12.1. The lowest BCUT2D eigenvalue weighted by Gasteiger charge is -2.47. The average Bonchev–Trinajstić information content (AvgIpc) is 2.86. The molecule has 0 saturated carbocycles. The van der Waals surface area contributed by atoms with Crippen molar-refractivity contribution in [1.29, 1.82) is 0 Å². The Labute approximate surface area is 239 Å². The molecule has 5 nitrogen and oxygen atoms in total. The molecular formula is C30H32Cl3N3O2. The van der Waals surface area contributed by atoms with Crippen LogP contribution in [0.3, 0.4) is 0 Å². The summed E-state index contributed by atoms with van der Waals surface area (Å²) in [7, 11) is 1.65. The first-order valence-electron chi connectivity index (χ1n) is 12.5.